The van der Waals surface area contributed by atoms with Crippen LogP contribution in [0.3, 0.4) is 0 Å². The lowest BCUT2D eigenvalue weighted by atomic mass is 9.95. The lowest BCUT2D eigenvalue weighted by Gasteiger charge is -2.21. The van der Waals surface area contributed by atoms with E-state index in [2.05, 4.69) is 15.6 Å². The molecule has 3 atom stereocenters. The molecule has 4 rings (SSSR count). The van der Waals surface area contributed by atoms with Crippen molar-refractivity contribution in [3.8, 4) is 0 Å². The van der Waals surface area contributed by atoms with Crippen molar-refractivity contribution in [2.24, 2.45) is 0 Å². The van der Waals surface area contributed by atoms with E-state index in [0.29, 0.717) is 17.6 Å². The first-order valence-electron chi connectivity index (χ1n) is 7.51. The Balaban J connectivity index is 1.38. The molecule has 3 heterocycles. The van der Waals surface area contributed by atoms with Crippen molar-refractivity contribution in [2.75, 3.05) is 0 Å². The number of nitrogens with zero attached hydrogens (tertiary/aromatic N) is 1. The fourth-order valence-corrected chi connectivity index (χ4v) is 3.99. The Kier molecular flexibility index (Phi) is 3.63. The van der Waals surface area contributed by atoms with Gasteiger partial charge >= 0.3 is 0 Å². The topological polar surface area (TPSA) is 67.2 Å². The van der Waals surface area contributed by atoms with E-state index in [1.54, 1.807) is 6.20 Å². The first-order valence-corrected chi connectivity index (χ1v) is 8.33. The van der Waals surface area contributed by atoms with Crippen molar-refractivity contribution in [3.05, 3.63) is 42.4 Å². The van der Waals surface area contributed by atoms with Crippen LogP contribution in [0.15, 0.2) is 51.3 Å². The summed E-state index contributed by atoms with van der Waals surface area (Å²) < 4.78 is 5.20. The van der Waals surface area contributed by atoms with Gasteiger partial charge in [-0.3, -0.25) is 4.79 Å². The molecule has 1 aromatic heterocycles. The molecule has 6 heteroatoms. The van der Waals surface area contributed by atoms with Gasteiger partial charge in [0.15, 0.2) is 11.5 Å². The Morgan fingerprint density at radius 1 is 1.32 bits per heavy atom. The second-order valence-electron chi connectivity index (χ2n) is 5.81. The third kappa shape index (κ3) is 2.76. The second kappa shape index (κ2) is 5.78. The van der Waals surface area contributed by atoms with Gasteiger partial charge < -0.3 is 15.1 Å². The molecular weight excluding hydrogens is 298 g/mol. The van der Waals surface area contributed by atoms with E-state index < -0.39 is 0 Å². The molecule has 22 heavy (non-hydrogen) atoms. The lowest BCUT2D eigenvalue weighted by molar-refractivity contribution is 0.0931. The summed E-state index contributed by atoms with van der Waals surface area (Å²) in [4.78, 5) is 17.2. The average Bonchev–Trinajstić information content (AvgIpc) is 3.25. The minimum Gasteiger partial charge on any atom is -0.437 e. The largest absolute Gasteiger partial charge is 0.437 e. The van der Waals surface area contributed by atoms with Crippen LogP contribution in [0.1, 0.15) is 29.6 Å². The molecule has 3 unspecified atom stereocenters. The maximum absolute atomic E-state index is 12.3. The molecule has 0 radical (unpaired) electrons. The maximum Gasteiger partial charge on any atom is 0.251 e. The highest BCUT2D eigenvalue weighted by atomic mass is 32.2. The highest BCUT2D eigenvalue weighted by Gasteiger charge is 2.39. The molecule has 0 spiro atoms. The van der Waals surface area contributed by atoms with E-state index in [1.807, 2.05) is 24.3 Å². The monoisotopic (exact) mass is 315 g/mol. The minimum absolute atomic E-state index is 0.00978. The summed E-state index contributed by atoms with van der Waals surface area (Å²) >= 11 is 1.49. The SMILES string of the molecule is O=C(NC1CC2CCC1N2)c1ccc(Sc2cnco2)cc1. The fraction of sp³-hybridized carbons (Fsp3) is 0.375. The van der Waals surface area contributed by atoms with Gasteiger partial charge in [-0.2, -0.15) is 0 Å². The zero-order valence-electron chi connectivity index (χ0n) is 12.0. The number of aromatic nitrogens is 1. The summed E-state index contributed by atoms with van der Waals surface area (Å²) in [5, 5.41) is 7.43. The molecule has 1 aromatic carbocycles. The van der Waals surface area contributed by atoms with Gasteiger partial charge in [-0.1, -0.05) is 11.8 Å². The normalized spacial score (nSPS) is 26.3. The maximum atomic E-state index is 12.3. The number of rotatable bonds is 4. The van der Waals surface area contributed by atoms with Crippen LogP contribution in [0.2, 0.25) is 0 Å². The molecule has 0 saturated carbocycles. The Bertz CT molecular complexity index is 657. The van der Waals surface area contributed by atoms with E-state index in [1.165, 1.54) is 31.0 Å². The number of oxazole rings is 1. The van der Waals surface area contributed by atoms with Crippen molar-refractivity contribution in [2.45, 2.75) is 47.4 Å². The predicted molar refractivity (Wildman–Crippen MR) is 82.9 cm³/mol. The molecule has 2 N–H and O–H groups in total. The van der Waals surface area contributed by atoms with Gasteiger partial charge in [0, 0.05) is 28.6 Å². The minimum atomic E-state index is 0.00978. The highest BCUT2D eigenvalue weighted by Crippen LogP contribution is 2.29. The third-order valence-corrected chi connectivity index (χ3v) is 5.27. The molecule has 2 aromatic rings. The molecule has 114 valence electrons. The fourth-order valence-electron chi connectivity index (χ4n) is 3.28. The van der Waals surface area contributed by atoms with Crippen molar-refractivity contribution >= 4 is 17.7 Å². The smallest absolute Gasteiger partial charge is 0.251 e. The van der Waals surface area contributed by atoms with Gasteiger partial charge in [0.1, 0.15) is 0 Å². The van der Waals surface area contributed by atoms with E-state index in [-0.39, 0.29) is 11.9 Å². The molecule has 2 aliphatic heterocycles. The van der Waals surface area contributed by atoms with Gasteiger partial charge in [0.2, 0.25) is 0 Å². The van der Waals surface area contributed by atoms with Crippen LogP contribution in [-0.4, -0.2) is 29.0 Å². The van der Waals surface area contributed by atoms with Gasteiger partial charge in [-0.25, -0.2) is 4.98 Å². The number of carbonyl (C=O) groups is 1. The van der Waals surface area contributed by atoms with E-state index in [9.17, 15) is 4.79 Å². The molecule has 0 aliphatic carbocycles. The highest BCUT2D eigenvalue weighted by molar-refractivity contribution is 7.99. The van der Waals surface area contributed by atoms with E-state index >= 15 is 0 Å². The van der Waals surface area contributed by atoms with Gasteiger partial charge in [-0.15, -0.1) is 0 Å². The summed E-state index contributed by atoms with van der Waals surface area (Å²) in [6, 6.07) is 8.90. The zero-order chi connectivity index (χ0) is 14.9. The first-order chi connectivity index (χ1) is 10.8. The molecular formula is C16H17N3O2S. The lowest BCUT2D eigenvalue weighted by Crippen LogP contribution is -2.42. The Morgan fingerprint density at radius 2 is 2.18 bits per heavy atom. The molecule has 1 amide bonds. The Morgan fingerprint density at radius 3 is 2.82 bits per heavy atom. The van der Waals surface area contributed by atoms with Crippen molar-refractivity contribution in [3.63, 3.8) is 0 Å². The number of fused-ring (bicyclic) bond motifs is 2. The van der Waals surface area contributed by atoms with Crippen molar-refractivity contribution < 1.29 is 9.21 Å². The molecule has 2 bridgehead atoms. The number of hydrogen-bond donors (Lipinski definition) is 2. The molecule has 2 saturated heterocycles. The van der Waals surface area contributed by atoms with E-state index in [0.717, 1.165) is 16.4 Å². The van der Waals surface area contributed by atoms with Crippen LogP contribution in [0.4, 0.5) is 0 Å². The predicted octanol–water partition coefficient (Wildman–Crippen LogP) is 2.45. The van der Waals surface area contributed by atoms with Crippen LogP contribution < -0.4 is 10.6 Å². The summed E-state index contributed by atoms with van der Waals surface area (Å²) in [6.07, 6.45) is 6.55. The van der Waals surface area contributed by atoms with Crippen LogP contribution in [0.5, 0.6) is 0 Å². The van der Waals surface area contributed by atoms with Gasteiger partial charge in [-0.05, 0) is 43.5 Å². The third-order valence-electron chi connectivity index (χ3n) is 4.36. The number of nitrogens with one attached hydrogen (secondary N) is 2. The summed E-state index contributed by atoms with van der Waals surface area (Å²) in [6.45, 7) is 0. The zero-order valence-corrected chi connectivity index (χ0v) is 12.8. The standard InChI is InChI=1S/C16H17N3O2S/c20-16(19-14-7-11-3-6-13(14)18-11)10-1-4-12(5-2-10)22-15-8-17-9-21-15/h1-2,4-5,8-9,11,13-14,18H,3,6-7H2,(H,19,20). The average molecular weight is 315 g/mol. The van der Waals surface area contributed by atoms with Crippen molar-refractivity contribution in [1.82, 2.24) is 15.6 Å². The van der Waals surface area contributed by atoms with E-state index in [4.69, 9.17) is 4.42 Å². The molecule has 2 fully saturated rings. The molecule has 5 nitrogen and oxygen atoms in total. The van der Waals surface area contributed by atoms with Gasteiger partial charge in [0.25, 0.3) is 5.91 Å². The van der Waals surface area contributed by atoms with Crippen LogP contribution in [-0.2, 0) is 0 Å². The summed E-state index contributed by atoms with van der Waals surface area (Å²) in [5.74, 6) is 0.00978. The second-order valence-corrected chi connectivity index (χ2v) is 6.89. The van der Waals surface area contributed by atoms with Crippen LogP contribution in [0.25, 0.3) is 0 Å². The Labute approximate surface area is 132 Å². The van der Waals surface area contributed by atoms with Gasteiger partial charge in [0.05, 0.1) is 6.20 Å². The Hall–Kier alpha value is -1.79. The van der Waals surface area contributed by atoms with Crippen molar-refractivity contribution in [1.29, 1.82) is 0 Å². The quantitative estimate of drug-likeness (QED) is 0.907. The number of hydrogen-bond acceptors (Lipinski definition) is 5. The summed E-state index contributed by atoms with van der Waals surface area (Å²) in [7, 11) is 0. The number of benzene rings is 1. The molecule has 2 aliphatic rings. The number of carbonyl (C=O) groups excluding carboxylic acids is 1. The number of amides is 1. The van der Waals surface area contributed by atoms with Crippen LogP contribution >= 0.6 is 11.8 Å². The summed E-state index contributed by atoms with van der Waals surface area (Å²) in [5.41, 5.74) is 0.699. The first kappa shape index (κ1) is 13.8. The van der Waals surface area contributed by atoms with Crippen LogP contribution in [0, 0.1) is 0 Å².